The molecule has 12 N–H and O–H groups in total. The summed E-state index contributed by atoms with van der Waals surface area (Å²) in [5.74, 6) is -5.79. The third-order valence-electron chi connectivity index (χ3n) is 3.87. The largest absolute Gasteiger partial charge is 0.481 e. The van der Waals surface area contributed by atoms with Gasteiger partial charge in [-0.3, -0.25) is 24.2 Å². The van der Waals surface area contributed by atoms with Crippen LogP contribution < -0.4 is 33.2 Å². The van der Waals surface area contributed by atoms with E-state index in [2.05, 4.69) is 15.6 Å². The fraction of sp³-hybridized carbons (Fsp3) is 0.625. The summed E-state index contributed by atoms with van der Waals surface area (Å²) < 4.78 is 0. The molecular weight excluding hydrogens is 418 g/mol. The van der Waals surface area contributed by atoms with Gasteiger partial charge >= 0.3 is 11.9 Å². The number of aliphatic carboxylic acids is 2. The molecule has 0 aliphatic rings. The summed E-state index contributed by atoms with van der Waals surface area (Å²) in [4.78, 5) is 61.7. The van der Waals surface area contributed by atoms with E-state index in [1.807, 2.05) is 5.32 Å². The molecule has 0 aliphatic heterocycles. The van der Waals surface area contributed by atoms with Crippen LogP contribution in [-0.4, -0.2) is 88.3 Å². The molecule has 4 atom stereocenters. The van der Waals surface area contributed by atoms with Crippen molar-refractivity contribution < 1.29 is 39.3 Å². The molecule has 4 unspecified atom stereocenters. The first kappa shape index (κ1) is 27.5. The number of hydrogen-bond acceptors (Lipinski definition) is 8. The lowest BCUT2D eigenvalue weighted by atomic mass is 10.1. The van der Waals surface area contributed by atoms with Crippen molar-refractivity contribution in [2.24, 2.45) is 22.2 Å². The number of guanidine groups is 1. The molecule has 0 aromatic heterocycles. The summed E-state index contributed by atoms with van der Waals surface area (Å²) in [5, 5.41) is 33.3. The van der Waals surface area contributed by atoms with Gasteiger partial charge in [0.1, 0.15) is 18.1 Å². The Hall–Kier alpha value is -3.46. The fourth-order valence-electron chi connectivity index (χ4n) is 2.17. The summed E-state index contributed by atoms with van der Waals surface area (Å²) >= 11 is 0. The zero-order valence-electron chi connectivity index (χ0n) is 16.9. The van der Waals surface area contributed by atoms with E-state index in [0.717, 1.165) is 0 Å². The third kappa shape index (κ3) is 11.3. The van der Waals surface area contributed by atoms with Crippen LogP contribution in [0.25, 0.3) is 0 Å². The molecule has 0 aromatic rings. The molecule has 176 valence electrons. The van der Waals surface area contributed by atoms with Gasteiger partial charge in [0.15, 0.2) is 5.96 Å². The number of carbonyl (C=O) groups excluding carboxylic acids is 3. The Morgan fingerprint density at radius 2 is 1.52 bits per heavy atom. The number of nitrogens with zero attached hydrogens (tertiary/aromatic N) is 1. The van der Waals surface area contributed by atoms with Gasteiger partial charge in [0.25, 0.3) is 0 Å². The molecule has 0 spiro atoms. The Morgan fingerprint density at radius 1 is 0.935 bits per heavy atom. The van der Waals surface area contributed by atoms with Crippen molar-refractivity contribution in [2.45, 2.75) is 50.4 Å². The molecule has 0 saturated heterocycles. The molecule has 31 heavy (non-hydrogen) atoms. The zero-order valence-corrected chi connectivity index (χ0v) is 16.9. The van der Waals surface area contributed by atoms with Gasteiger partial charge in [0, 0.05) is 6.54 Å². The number of carbonyl (C=O) groups is 5. The first-order chi connectivity index (χ1) is 14.4. The van der Waals surface area contributed by atoms with E-state index >= 15 is 0 Å². The van der Waals surface area contributed by atoms with Crippen molar-refractivity contribution in [3.05, 3.63) is 0 Å². The third-order valence-corrected chi connectivity index (χ3v) is 3.87. The van der Waals surface area contributed by atoms with Crippen LogP contribution in [-0.2, 0) is 24.0 Å². The summed E-state index contributed by atoms with van der Waals surface area (Å²) in [7, 11) is 0. The number of nitrogens with two attached hydrogens (primary N) is 3. The monoisotopic (exact) mass is 447 g/mol. The molecule has 0 radical (unpaired) electrons. The van der Waals surface area contributed by atoms with Gasteiger partial charge in [-0.25, -0.2) is 4.79 Å². The van der Waals surface area contributed by atoms with Crippen LogP contribution in [0.4, 0.5) is 0 Å². The highest BCUT2D eigenvalue weighted by molar-refractivity contribution is 5.94. The van der Waals surface area contributed by atoms with Gasteiger partial charge in [-0.05, 0) is 19.8 Å². The molecule has 0 aliphatic carbocycles. The highest BCUT2D eigenvalue weighted by Gasteiger charge is 2.29. The molecule has 0 bridgehead atoms. The van der Waals surface area contributed by atoms with Crippen molar-refractivity contribution in [1.29, 1.82) is 0 Å². The summed E-state index contributed by atoms with van der Waals surface area (Å²) in [6.45, 7) is 0.671. The Bertz CT molecular complexity index is 695. The van der Waals surface area contributed by atoms with E-state index in [0.29, 0.717) is 6.42 Å². The Balaban J connectivity index is 4.73. The van der Waals surface area contributed by atoms with Gasteiger partial charge in [-0.1, -0.05) is 0 Å². The Morgan fingerprint density at radius 3 is 2.00 bits per heavy atom. The van der Waals surface area contributed by atoms with Crippen molar-refractivity contribution >= 4 is 35.6 Å². The number of aliphatic hydroxyl groups excluding tert-OH is 1. The molecule has 0 saturated carbocycles. The molecule has 15 heteroatoms. The first-order valence-corrected chi connectivity index (χ1v) is 9.16. The topological polar surface area (TPSA) is 273 Å². The lowest BCUT2D eigenvalue weighted by Crippen LogP contribution is -2.57. The number of aliphatic hydroxyl groups is 1. The lowest BCUT2D eigenvalue weighted by Gasteiger charge is -2.22. The lowest BCUT2D eigenvalue weighted by molar-refractivity contribution is -0.147. The minimum atomic E-state index is -1.76. The number of amides is 3. The average molecular weight is 447 g/mol. The second-order valence-corrected chi connectivity index (χ2v) is 6.53. The minimum Gasteiger partial charge on any atom is -0.481 e. The predicted octanol–water partition coefficient (Wildman–Crippen LogP) is -4.61. The molecule has 0 rings (SSSR count). The van der Waals surface area contributed by atoms with E-state index in [9.17, 15) is 29.1 Å². The van der Waals surface area contributed by atoms with Crippen LogP contribution in [0.2, 0.25) is 0 Å². The normalized spacial score (nSPS) is 14.3. The smallest absolute Gasteiger partial charge is 0.326 e. The van der Waals surface area contributed by atoms with E-state index in [1.54, 1.807) is 0 Å². The minimum absolute atomic E-state index is 0.0940. The Labute approximate surface area is 177 Å². The van der Waals surface area contributed by atoms with Gasteiger partial charge in [0.2, 0.25) is 17.7 Å². The number of nitrogens with one attached hydrogen (secondary N) is 3. The second-order valence-electron chi connectivity index (χ2n) is 6.53. The standard InChI is InChI=1S/C16H29N7O8/c1-7(21-13(28)8(17)3-2-4-20-16(18)19)12(27)23-10(6-24)14(29)22-9(15(30)31)5-11(25)26/h7-10,24H,2-6,17H2,1H3,(H,21,28)(H,22,29)(H,23,27)(H,25,26)(H,30,31)(H4,18,19,20). The highest BCUT2D eigenvalue weighted by Crippen LogP contribution is 1.98. The van der Waals surface area contributed by atoms with E-state index in [1.165, 1.54) is 6.92 Å². The van der Waals surface area contributed by atoms with E-state index in [-0.39, 0.29) is 18.9 Å². The number of carboxylic acid groups (broad SMARTS) is 2. The SMILES string of the molecule is CC(NC(=O)C(N)CCCN=C(N)N)C(=O)NC(CO)C(=O)NC(CC(=O)O)C(=O)O. The number of aliphatic imine (C=N–C) groups is 1. The van der Waals surface area contributed by atoms with Crippen molar-refractivity contribution in [2.75, 3.05) is 13.2 Å². The molecule has 3 amide bonds. The summed E-state index contributed by atoms with van der Waals surface area (Å²) in [6, 6.07) is -5.43. The molecular formula is C16H29N7O8. The van der Waals surface area contributed by atoms with Crippen LogP contribution in [0.3, 0.4) is 0 Å². The van der Waals surface area contributed by atoms with Gasteiger partial charge in [-0.15, -0.1) is 0 Å². The Kier molecular flexibility index (Phi) is 12.2. The maximum atomic E-state index is 12.2. The van der Waals surface area contributed by atoms with Gasteiger partial charge < -0.3 is 48.5 Å². The molecule has 15 nitrogen and oxygen atoms in total. The molecule has 0 heterocycles. The number of rotatable bonds is 14. The molecule has 0 fully saturated rings. The molecule has 0 aromatic carbocycles. The summed E-state index contributed by atoms with van der Waals surface area (Å²) in [5.41, 5.74) is 16.1. The van der Waals surface area contributed by atoms with E-state index in [4.69, 9.17) is 27.4 Å². The van der Waals surface area contributed by atoms with Crippen LogP contribution in [0.15, 0.2) is 4.99 Å². The van der Waals surface area contributed by atoms with E-state index < -0.39 is 66.9 Å². The van der Waals surface area contributed by atoms with Crippen molar-refractivity contribution in [1.82, 2.24) is 16.0 Å². The first-order valence-electron chi connectivity index (χ1n) is 9.16. The van der Waals surface area contributed by atoms with Crippen LogP contribution in [0, 0.1) is 0 Å². The maximum Gasteiger partial charge on any atom is 0.326 e. The summed E-state index contributed by atoms with van der Waals surface area (Å²) in [6.07, 6.45) is -0.250. The predicted molar refractivity (Wildman–Crippen MR) is 106 cm³/mol. The second kappa shape index (κ2) is 13.7. The number of carboxylic acids is 2. The van der Waals surface area contributed by atoms with Crippen molar-refractivity contribution in [3.8, 4) is 0 Å². The van der Waals surface area contributed by atoms with Crippen LogP contribution >= 0.6 is 0 Å². The van der Waals surface area contributed by atoms with Crippen LogP contribution in [0.5, 0.6) is 0 Å². The van der Waals surface area contributed by atoms with Crippen LogP contribution in [0.1, 0.15) is 26.2 Å². The fourth-order valence-corrected chi connectivity index (χ4v) is 2.17. The number of hydrogen-bond donors (Lipinski definition) is 9. The van der Waals surface area contributed by atoms with Gasteiger partial charge in [-0.2, -0.15) is 0 Å². The zero-order chi connectivity index (χ0) is 24.1. The van der Waals surface area contributed by atoms with Gasteiger partial charge in [0.05, 0.1) is 19.1 Å². The maximum absolute atomic E-state index is 12.2. The van der Waals surface area contributed by atoms with Crippen molar-refractivity contribution in [3.63, 3.8) is 0 Å². The highest BCUT2D eigenvalue weighted by atomic mass is 16.4. The average Bonchev–Trinajstić information content (AvgIpc) is 2.67. The quantitative estimate of drug-likeness (QED) is 0.0693.